The predicted molar refractivity (Wildman–Crippen MR) is 96.4 cm³/mol. The van der Waals surface area contributed by atoms with Gasteiger partial charge < -0.3 is 5.11 Å². The molecule has 2 rings (SSSR count). The molecule has 0 aliphatic carbocycles. The van der Waals surface area contributed by atoms with Gasteiger partial charge in [-0.05, 0) is 49.4 Å². The van der Waals surface area contributed by atoms with Crippen LogP contribution in [0.2, 0.25) is 0 Å². The molecule has 2 aromatic rings. The van der Waals surface area contributed by atoms with Crippen LogP contribution in [0, 0.1) is 0 Å². The van der Waals surface area contributed by atoms with Gasteiger partial charge in [-0.3, -0.25) is 0 Å². The highest BCUT2D eigenvalue weighted by Gasteiger charge is 2.24. The maximum Gasteiger partial charge on any atom is 0.240 e. The third-order valence-corrected chi connectivity index (χ3v) is 5.50. The second-order valence-electron chi connectivity index (χ2n) is 6.30. The summed E-state index contributed by atoms with van der Waals surface area (Å²) in [6.45, 7) is 3.65. The number of nitrogens with one attached hydrogen (secondary N) is 1. The molecule has 0 aliphatic rings. The molecule has 5 heteroatoms. The van der Waals surface area contributed by atoms with Gasteiger partial charge in [0.15, 0.2) is 0 Å². The molecule has 0 bridgehead atoms. The lowest BCUT2D eigenvalue weighted by Gasteiger charge is -2.23. The van der Waals surface area contributed by atoms with Gasteiger partial charge in [0.1, 0.15) is 0 Å². The topological polar surface area (TPSA) is 66.4 Å². The van der Waals surface area contributed by atoms with Crippen molar-refractivity contribution in [2.75, 3.05) is 6.54 Å². The molecule has 1 atom stereocenters. The summed E-state index contributed by atoms with van der Waals surface area (Å²) >= 11 is 0. The van der Waals surface area contributed by atoms with Crippen molar-refractivity contribution in [3.05, 3.63) is 65.7 Å². The van der Waals surface area contributed by atoms with Gasteiger partial charge in [-0.2, -0.15) is 0 Å². The molecule has 0 aliphatic heterocycles. The highest BCUT2D eigenvalue weighted by molar-refractivity contribution is 7.89. The van der Waals surface area contributed by atoms with Crippen LogP contribution in [0.4, 0.5) is 0 Å². The van der Waals surface area contributed by atoms with Gasteiger partial charge in [0, 0.05) is 6.54 Å². The molecule has 2 N–H and O–H groups in total. The van der Waals surface area contributed by atoms with Crippen molar-refractivity contribution in [2.45, 2.75) is 43.6 Å². The smallest absolute Gasteiger partial charge is 0.240 e. The summed E-state index contributed by atoms with van der Waals surface area (Å²) in [7, 11) is -3.61. The molecule has 2 aromatic carbocycles. The Balaban J connectivity index is 1.94. The average molecular weight is 347 g/mol. The van der Waals surface area contributed by atoms with Crippen molar-refractivity contribution in [3.63, 3.8) is 0 Å². The van der Waals surface area contributed by atoms with Crippen LogP contribution in [0.25, 0.3) is 0 Å². The highest BCUT2D eigenvalue weighted by atomic mass is 32.2. The summed E-state index contributed by atoms with van der Waals surface area (Å²) < 4.78 is 27.2. The molecule has 0 heterocycles. The minimum atomic E-state index is -3.61. The maximum atomic E-state index is 12.3. The number of aryl methyl sites for hydroxylation is 2. The molecule has 0 saturated heterocycles. The fourth-order valence-electron chi connectivity index (χ4n) is 2.38. The summed E-state index contributed by atoms with van der Waals surface area (Å²) in [6.07, 6.45) is 2.04. The maximum absolute atomic E-state index is 12.3. The largest absolute Gasteiger partial charge is 0.389 e. The summed E-state index contributed by atoms with van der Waals surface area (Å²) in [6, 6.07) is 16.6. The van der Waals surface area contributed by atoms with Gasteiger partial charge in [-0.1, -0.05) is 49.4 Å². The molecule has 0 fully saturated rings. The van der Waals surface area contributed by atoms with Crippen molar-refractivity contribution in [2.24, 2.45) is 0 Å². The van der Waals surface area contributed by atoms with Gasteiger partial charge in [0.05, 0.1) is 10.5 Å². The van der Waals surface area contributed by atoms with E-state index in [-0.39, 0.29) is 11.4 Å². The molecular weight excluding hydrogens is 322 g/mol. The first-order valence-electron chi connectivity index (χ1n) is 8.17. The zero-order valence-corrected chi connectivity index (χ0v) is 15.0. The molecule has 24 heavy (non-hydrogen) atoms. The lowest BCUT2D eigenvalue weighted by molar-refractivity contribution is 0.0565. The minimum absolute atomic E-state index is 0.0162. The van der Waals surface area contributed by atoms with E-state index in [2.05, 4.69) is 4.72 Å². The van der Waals surface area contributed by atoms with E-state index >= 15 is 0 Å². The zero-order valence-electron chi connectivity index (χ0n) is 14.2. The molecule has 0 spiro atoms. The Morgan fingerprint density at radius 3 is 2.21 bits per heavy atom. The van der Waals surface area contributed by atoms with Gasteiger partial charge in [0.2, 0.25) is 10.0 Å². The highest BCUT2D eigenvalue weighted by Crippen LogP contribution is 2.16. The third-order valence-electron chi connectivity index (χ3n) is 4.08. The Kier molecular flexibility index (Phi) is 6.15. The van der Waals surface area contributed by atoms with Crippen LogP contribution in [-0.2, 0) is 22.9 Å². The summed E-state index contributed by atoms with van der Waals surface area (Å²) in [5.74, 6) is 0. The lowest BCUT2D eigenvalue weighted by Crippen LogP contribution is -2.40. The Hall–Kier alpha value is -1.69. The molecule has 1 unspecified atom stereocenters. The van der Waals surface area contributed by atoms with E-state index in [1.807, 2.05) is 49.4 Å². The normalized spacial score (nSPS) is 14.3. The number of rotatable bonds is 8. The SMILES string of the molecule is CCc1ccc(S(=O)(=O)NCC(C)(O)CCc2ccccc2)cc1. The monoisotopic (exact) mass is 347 g/mol. The van der Waals surface area contributed by atoms with Crippen LogP contribution >= 0.6 is 0 Å². The molecule has 130 valence electrons. The van der Waals surface area contributed by atoms with E-state index in [9.17, 15) is 13.5 Å². The predicted octanol–water partition coefficient (Wildman–Crippen LogP) is 2.91. The van der Waals surface area contributed by atoms with Crippen molar-refractivity contribution in [1.29, 1.82) is 0 Å². The molecular formula is C19H25NO3S. The molecule has 0 saturated carbocycles. The minimum Gasteiger partial charge on any atom is -0.389 e. The van der Waals surface area contributed by atoms with E-state index in [4.69, 9.17) is 0 Å². The quantitative estimate of drug-likeness (QED) is 0.771. The molecule has 0 radical (unpaired) electrons. The van der Waals surface area contributed by atoms with Crippen LogP contribution in [0.3, 0.4) is 0 Å². The van der Waals surface area contributed by atoms with E-state index in [0.717, 1.165) is 17.5 Å². The van der Waals surface area contributed by atoms with Crippen molar-refractivity contribution in [3.8, 4) is 0 Å². The van der Waals surface area contributed by atoms with Crippen LogP contribution in [0.15, 0.2) is 59.5 Å². The van der Waals surface area contributed by atoms with Crippen LogP contribution in [0.1, 0.15) is 31.4 Å². The number of aliphatic hydroxyl groups is 1. The van der Waals surface area contributed by atoms with Crippen LogP contribution in [-0.4, -0.2) is 25.7 Å². The van der Waals surface area contributed by atoms with Crippen molar-refractivity contribution < 1.29 is 13.5 Å². The van der Waals surface area contributed by atoms with E-state index in [1.165, 1.54) is 0 Å². The van der Waals surface area contributed by atoms with Gasteiger partial charge in [-0.25, -0.2) is 13.1 Å². The fraction of sp³-hybridized carbons (Fsp3) is 0.368. The van der Waals surface area contributed by atoms with E-state index < -0.39 is 15.6 Å². The van der Waals surface area contributed by atoms with Crippen LogP contribution in [0.5, 0.6) is 0 Å². The van der Waals surface area contributed by atoms with Gasteiger partial charge >= 0.3 is 0 Å². The zero-order chi connectivity index (χ0) is 17.6. The summed E-state index contributed by atoms with van der Waals surface area (Å²) in [4.78, 5) is 0.221. The number of benzene rings is 2. The third kappa shape index (κ3) is 5.44. The van der Waals surface area contributed by atoms with E-state index in [1.54, 1.807) is 19.1 Å². The number of hydrogen-bond donors (Lipinski definition) is 2. The van der Waals surface area contributed by atoms with Gasteiger partial charge in [-0.15, -0.1) is 0 Å². The Labute approximate surface area is 144 Å². The van der Waals surface area contributed by atoms with Crippen molar-refractivity contribution in [1.82, 2.24) is 4.72 Å². The van der Waals surface area contributed by atoms with Crippen molar-refractivity contribution >= 4 is 10.0 Å². The standard InChI is InChI=1S/C19H25NO3S/c1-3-16-9-11-18(12-10-16)24(22,23)20-15-19(2,21)14-13-17-7-5-4-6-8-17/h4-12,20-21H,3,13-15H2,1-2H3. The average Bonchev–Trinajstić information content (AvgIpc) is 2.60. The lowest BCUT2D eigenvalue weighted by atomic mass is 9.97. The Morgan fingerprint density at radius 2 is 1.62 bits per heavy atom. The first kappa shape index (κ1) is 18.6. The summed E-state index contributed by atoms with van der Waals surface area (Å²) in [5, 5.41) is 10.4. The van der Waals surface area contributed by atoms with Gasteiger partial charge in [0.25, 0.3) is 0 Å². The summed E-state index contributed by atoms with van der Waals surface area (Å²) in [5.41, 5.74) is 1.10. The Bertz CT molecular complexity index is 738. The molecule has 4 nitrogen and oxygen atoms in total. The molecule has 0 aromatic heterocycles. The first-order chi connectivity index (χ1) is 11.3. The number of hydrogen-bond acceptors (Lipinski definition) is 3. The molecule has 0 amide bonds. The van der Waals surface area contributed by atoms with Crippen LogP contribution < -0.4 is 4.72 Å². The second-order valence-corrected chi connectivity index (χ2v) is 8.07. The fourth-order valence-corrected chi connectivity index (χ4v) is 3.55. The first-order valence-corrected chi connectivity index (χ1v) is 9.66. The second kappa shape index (κ2) is 7.92. The Morgan fingerprint density at radius 1 is 1.00 bits per heavy atom. The van der Waals surface area contributed by atoms with E-state index in [0.29, 0.717) is 12.8 Å². The number of sulfonamides is 1.